The molecular formula is C23H18BrFN2O2. The molecule has 3 aromatic rings. The van der Waals surface area contributed by atoms with E-state index >= 15 is 0 Å². The lowest BCUT2D eigenvalue weighted by atomic mass is 9.95. The van der Waals surface area contributed by atoms with E-state index in [4.69, 9.17) is 0 Å². The van der Waals surface area contributed by atoms with Crippen LogP contribution in [0.1, 0.15) is 33.1 Å². The van der Waals surface area contributed by atoms with Gasteiger partial charge in [0.2, 0.25) is 5.91 Å². The average Bonchev–Trinajstić information content (AvgIpc) is 2.84. The average molecular weight is 453 g/mol. The topological polar surface area (TPSA) is 49.4 Å². The number of nitrogens with one attached hydrogen (secondary N) is 1. The number of nitrogens with zero attached hydrogens (tertiary/aromatic N) is 1. The standard InChI is InChI=1S/C23H18BrFN2O2/c1-14-3-2-4-16(11-14)23(29)27-13-21(28)26-20-10-7-17(24)12-19(20)22(27)15-5-8-18(25)9-6-15/h2-12,22H,13H2,1H3,(H,26,28). The Balaban J connectivity index is 1.90. The van der Waals surface area contributed by atoms with Crippen molar-refractivity contribution in [2.24, 2.45) is 0 Å². The summed E-state index contributed by atoms with van der Waals surface area (Å²) in [6, 6.07) is 18.3. The number of aryl methyl sites for hydroxylation is 1. The molecule has 0 radical (unpaired) electrons. The zero-order valence-electron chi connectivity index (χ0n) is 15.7. The van der Waals surface area contributed by atoms with Gasteiger partial charge in [0.05, 0.1) is 6.04 Å². The third-order valence-electron chi connectivity index (χ3n) is 4.92. The molecule has 0 fully saturated rings. The zero-order valence-corrected chi connectivity index (χ0v) is 17.2. The number of fused-ring (bicyclic) bond motifs is 1. The molecule has 1 N–H and O–H groups in total. The van der Waals surface area contributed by atoms with Gasteiger partial charge in [-0.25, -0.2) is 4.39 Å². The summed E-state index contributed by atoms with van der Waals surface area (Å²) in [7, 11) is 0. The zero-order chi connectivity index (χ0) is 20.5. The van der Waals surface area contributed by atoms with Crippen molar-refractivity contribution in [3.05, 3.63) is 99.3 Å². The fourth-order valence-corrected chi connectivity index (χ4v) is 3.99. The second kappa shape index (κ2) is 7.79. The van der Waals surface area contributed by atoms with Gasteiger partial charge in [-0.1, -0.05) is 45.8 Å². The van der Waals surface area contributed by atoms with Crippen molar-refractivity contribution in [3.63, 3.8) is 0 Å². The SMILES string of the molecule is Cc1cccc(C(=O)N2CC(=O)Nc3ccc(Br)cc3C2c2ccc(F)cc2)c1. The third kappa shape index (κ3) is 3.93. The Hall–Kier alpha value is -2.99. The van der Waals surface area contributed by atoms with E-state index in [2.05, 4.69) is 21.2 Å². The first kappa shape index (κ1) is 19.3. The normalized spacial score (nSPS) is 16.0. The summed E-state index contributed by atoms with van der Waals surface area (Å²) < 4.78 is 14.4. The van der Waals surface area contributed by atoms with E-state index in [0.717, 1.165) is 21.2 Å². The maximum Gasteiger partial charge on any atom is 0.255 e. The summed E-state index contributed by atoms with van der Waals surface area (Å²) in [6.45, 7) is 1.80. The van der Waals surface area contributed by atoms with Crippen LogP contribution in [-0.4, -0.2) is 23.3 Å². The molecular weight excluding hydrogens is 435 g/mol. The number of hydrogen-bond donors (Lipinski definition) is 1. The van der Waals surface area contributed by atoms with E-state index in [1.54, 1.807) is 30.3 Å². The summed E-state index contributed by atoms with van der Waals surface area (Å²) in [4.78, 5) is 27.6. The number of hydrogen-bond acceptors (Lipinski definition) is 2. The largest absolute Gasteiger partial charge is 0.324 e. The van der Waals surface area contributed by atoms with Crippen LogP contribution in [0.2, 0.25) is 0 Å². The summed E-state index contributed by atoms with van der Waals surface area (Å²) in [6.07, 6.45) is 0. The third-order valence-corrected chi connectivity index (χ3v) is 5.41. The lowest BCUT2D eigenvalue weighted by Crippen LogP contribution is -2.39. The smallest absolute Gasteiger partial charge is 0.255 e. The number of anilines is 1. The fraction of sp³-hybridized carbons (Fsp3) is 0.130. The van der Waals surface area contributed by atoms with Crippen LogP contribution in [0.4, 0.5) is 10.1 Å². The maximum atomic E-state index is 13.6. The van der Waals surface area contributed by atoms with E-state index in [0.29, 0.717) is 11.3 Å². The van der Waals surface area contributed by atoms with E-state index < -0.39 is 6.04 Å². The molecule has 0 bridgehead atoms. The monoisotopic (exact) mass is 452 g/mol. The Morgan fingerprint density at radius 2 is 1.86 bits per heavy atom. The van der Waals surface area contributed by atoms with Crippen LogP contribution in [0.15, 0.2) is 71.2 Å². The predicted octanol–water partition coefficient (Wildman–Crippen LogP) is 5.08. The van der Waals surface area contributed by atoms with E-state index in [1.165, 1.54) is 17.0 Å². The highest BCUT2D eigenvalue weighted by atomic mass is 79.9. The molecule has 4 nitrogen and oxygen atoms in total. The number of rotatable bonds is 2. The van der Waals surface area contributed by atoms with Crippen molar-refractivity contribution < 1.29 is 14.0 Å². The number of carbonyl (C=O) groups is 2. The number of carbonyl (C=O) groups excluding carboxylic acids is 2. The molecule has 0 saturated carbocycles. The molecule has 4 rings (SSSR count). The van der Waals surface area contributed by atoms with Crippen LogP contribution < -0.4 is 5.32 Å². The van der Waals surface area contributed by atoms with Crippen molar-refractivity contribution in [3.8, 4) is 0 Å². The quantitative estimate of drug-likeness (QED) is 0.589. The molecule has 3 aromatic carbocycles. The maximum absolute atomic E-state index is 13.6. The molecule has 1 unspecified atom stereocenters. The minimum atomic E-state index is -0.546. The molecule has 0 aromatic heterocycles. The fourth-order valence-electron chi connectivity index (χ4n) is 3.61. The lowest BCUT2D eigenvalue weighted by molar-refractivity contribution is -0.117. The van der Waals surface area contributed by atoms with Gasteiger partial charge >= 0.3 is 0 Å². The Bertz CT molecular complexity index is 1100. The molecule has 146 valence electrons. The van der Waals surface area contributed by atoms with Gasteiger partial charge in [-0.15, -0.1) is 0 Å². The van der Waals surface area contributed by atoms with Gasteiger partial charge in [0.15, 0.2) is 0 Å². The van der Waals surface area contributed by atoms with Gasteiger partial charge in [0, 0.05) is 21.3 Å². The van der Waals surface area contributed by atoms with Gasteiger partial charge in [-0.05, 0) is 55.0 Å². The van der Waals surface area contributed by atoms with Crippen molar-refractivity contribution >= 4 is 33.4 Å². The van der Waals surface area contributed by atoms with Crippen LogP contribution in [0, 0.1) is 12.7 Å². The molecule has 1 aliphatic heterocycles. The van der Waals surface area contributed by atoms with Crippen LogP contribution in [0.5, 0.6) is 0 Å². The van der Waals surface area contributed by atoms with Crippen molar-refractivity contribution in [1.82, 2.24) is 4.90 Å². The summed E-state index contributed by atoms with van der Waals surface area (Å²) >= 11 is 3.48. The van der Waals surface area contributed by atoms with E-state index in [9.17, 15) is 14.0 Å². The molecule has 2 amide bonds. The Labute approximate surface area is 176 Å². The van der Waals surface area contributed by atoms with Crippen LogP contribution >= 0.6 is 15.9 Å². The highest BCUT2D eigenvalue weighted by Gasteiger charge is 2.34. The molecule has 0 aliphatic carbocycles. The van der Waals surface area contributed by atoms with Crippen molar-refractivity contribution in [2.75, 3.05) is 11.9 Å². The Morgan fingerprint density at radius 3 is 2.59 bits per heavy atom. The molecule has 0 spiro atoms. The number of benzene rings is 3. The Morgan fingerprint density at radius 1 is 1.10 bits per heavy atom. The lowest BCUT2D eigenvalue weighted by Gasteiger charge is -2.31. The first-order valence-corrected chi connectivity index (χ1v) is 9.94. The Kier molecular flexibility index (Phi) is 5.20. The molecule has 1 aliphatic rings. The predicted molar refractivity (Wildman–Crippen MR) is 113 cm³/mol. The highest BCUT2D eigenvalue weighted by Crippen LogP contribution is 2.38. The molecule has 6 heteroatoms. The first-order chi connectivity index (χ1) is 13.9. The molecule has 0 saturated heterocycles. The number of halogens is 2. The van der Waals surface area contributed by atoms with Crippen LogP contribution in [0.25, 0.3) is 0 Å². The van der Waals surface area contributed by atoms with Gasteiger partial charge in [0.1, 0.15) is 12.4 Å². The highest BCUT2D eigenvalue weighted by molar-refractivity contribution is 9.10. The van der Waals surface area contributed by atoms with E-state index in [1.807, 2.05) is 31.2 Å². The first-order valence-electron chi connectivity index (χ1n) is 9.15. The van der Waals surface area contributed by atoms with Crippen molar-refractivity contribution in [1.29, 1.82) is 0 Å². The second-order valence-corrected chi connectivity index (χ2v) is 7.95. The van der Waals surface area contributed by atoms with Gasteiger partial charge in [-0.3, -0.25) is 9.59 Å². The summed E-state index contributed by atoms with van der Waals surface area (Å²) in [5.41, 5.74) is 3.58. The number of amides is 2. The summed E-state index contributed by atoms with van der Waals surface area (Å²) in [5, 5.41) is 2.88. The summed E-state index contributed by atoms with van der Waals surface area (Å²) in [5.74, 6) is -0.896. The minimum absolute atomic E-state index is 0.110. The van der Waals surface area contributed by atoms with Gasteiger partial charge in [-0.2, -0.15) is 0 Å². The second-order valence-electron chi connectivity index (χ2n) is 7.04. The van der Waals surface area contributed by atoms with Gasteiger partial charge in [0.25, 0.3) is 5.91 Å². The van der Waals surface area contributed by atoms with E-state index in [-0.39, 0.29) is 24.2 Å². The molecule has 1 heterocycles. The van der Waals surface area contributed by atoms with Gasteiger partial charge < -0.3 is 10.2 Å². The van der Waals surface area contributed by atoms with Crippen LogP contribution in [0.3, 0.4) is 0 Å². The molecule has 1 atom stereocenters. The van der Waals surface area contributed by atoms with Crippen LogP contribution in [-0.2, 0) is 4.79 Å². The molecule has 29 heavy (non-hydrogen) atoms. The van der Waals surface area contributed by atoms with Crippen molar-refractivity contribution in [2.45, 2.75) is 13.0 Å². The minimum Gasteiger partial charge on any atom is -0.324 e.